The van der Waals surface area contributed by atoms with E-state index in [1.807, 2.05) is 0 Å². The van der Waals surface area contributed by atoms with Gasteiger partial charge in [0.15, 0.2) is 11.5 Å². The molecule has 0 aliphatic carbocycles. The fraction of sp³-hybridized carbons (Fsp3) is 0.136. The number of ether oxygens (including phenoxy) is 2. The SMILES string of the molecule is COC(=O)c1ccc(C(=O)OC)c(Nc2nc(Nc3ccc(NC(C)=O)cc3)ncc2N=O)c1. The molecule has 0 radical (unpaired) electrons. The van der Waals surface area contributed by atoms with Gasteiger partial charge in [-0.1, -0.05) is 0 Å². The van der Waals surface area contributed by atoms with Crippen molar-refractivity contribution in [3.05, 3.63) is 64.7 Å². The molecule has 3 aromatic rings. The molecule has 1 aromatic heterocycles. The summed E-state index contributed by atoms with van der Waals surface area (Å²) in [5, 5.41) is 11.4. The van der Waals surface area contributed by atoms with Crippen LogP contribution in [0, 0.1) is 4.91 Å². The molecule has 12 heteroatoms. The molecule has 0 fully saturated rings. The van der Waals surface area contributed by atoms with Crippen LogP contribution in [0.4, 0.5) is 34.5 Å². The van der Waals surface area contributed by atoms with Crippen molar-refractivity contribution in [1.29, 1.82) is 0 Å². The molecule has 12 nitrogen and oxygen atoms in total. The average Bonchev–Trinajstić information content (AvgIpc) is 2.84. The van der Waals surface area contributed by atoms with Gasteiger partial charge < -0.3 is 25.4 Å². The Hall–Kier alpha value is -4.87. The topological polar surface area (TPSA) is 161 Å². The van der Waals surface area contributed by atoms with Crippen molar-refractivity contribution in [2.45, 2.75) is 6.92 Å². The van der Waals surface area contributed by atoms with Crippen molar-refractivity contribution in [3.63, 3.8) is 0 Å². The summed E-state index contributed by atoms with van der Waals surface area (Å²) in [6.07, 6.45) is 1.19. The van der Waals surface area contributed by atoms with Crippen LogP contribution in [0.15, 0.2) is 53.8 Å². The van der Waals surface area contributed by atoms with Crippen molar-refractivity contribution < 1.29 is 23.9 Å². The van der Waals surface area contributed by atoms with Gasteiger partial charge in [-0.05, 0) is 47.6 Å². The van der Waals surface area contributed by atoms with Gasteiger partial charge in [0.25, 0.3) is 0 Å². The van der Waals surface area contributed by atoms with Gasteiger partial charge in [0.2, 0.25) is 11.9 Å². The zero-order valence-corrected chi connectivity index (χ0v) is 18.4. The van der Waals surface area contributed by atoms with Gasteiger partial charge in [0.1, 0.15) is 0 Å². The summed E-state index contributed by atoms with van der Waals surface area (Å²) in [5.74, 6) is -1.40. The molecule has 1 heterocycles. The Morgan fingerprint density at radius 3 is 2.21 bits per heavy atom. The van der Waals surface area contributed by atoms with Crippen LogP contribution in [0.1, 0.15) is 27.6 Å². The number of rotatable bonds is 8. The molecule has 0 spiro atoms. The normalized spacial score (nSPS) is 10.1. The van der Waals surface area contributed by atoms with Crippen LogP contribution in [-0.2, 0) is 14.3 Å². The first-order valence-corrected chi connectivity index (χ1v) is 9.77. The predicted octanol–water partition coefficient (Wildman–Crippen LogP) is 3.89. The number of amides is 1. The summed E-state index contributed by atoms with van der Waals surface area (Å²) < 4.78 is 9.50. The minimum Gasteiger partial charge on any atom is -0.465 e. The number of anilines is 5. The first-order valence-electron chi connectivity index (χ1n) is 9.77. The summed E-state index contributed by atoms with van der Waals surface area (Å²) in [7, 11) is 2.44. The zero-order chi connectivity index (χ0) is 24.7. The third-order valence-corrected chi connectivity index (χ3v) is 4.43. The molecular formula is C22H20N6O6. The Labute approximate surface area is 193 Å². The number of hydrogen-bond donors (Lipinski definition) is 3. The van der Waals surface area contributed by atoms with Crippen molar-refractivity contribution in [3.8, 4) is 0 Å². The number of nitroso groups, excluding NO2 is 1. The maximum atomic E-state index is 12.2. The lowest BCUT2D eigenvalue weighted by Gasteiger charge is -2.13. The minimum atomic E-state index is -0.675. The number of benzene rings is 2. The van der Waals surface area contributed by atoms with E-state index in [0.29, 0.717) is 11.4 Å². The Bertz CT molecular complexity index is 1250. The molecule has 0 saturated heterocycles. The third kappa shape index (κ3) is 5.68. The van der Waals surface area contributed by atoms with Crippen molar-refractivity contribution in [2.24, 2.45) is 5.18 Å². The highest BCUT2D eigenvalue weighted by Gasteiger charge is 2.18. The Balaban J connectivity index is 1.93. The van der Waals surface area contributed by atoms with Gasteiger partial charge in [-0.15, -0.1) is 4.91 Å². The molecule has 0 unspecified atom stereocenters. The van der Waals surface area contributed by atoms with Crippen molar-refractivity contribution in [2.75, 3.05) is 30.2 Å². The van der Waals surface area contributed by atoms with E-state index in [9.17, 15) is 19.3 Å². The second-order valence-corrected chi connectivity index (χ2v) is 6.77. The van der Waals surface area contributed by atoms with Crippen LogP contribution in [0.5, 0.6) is 0 Å². The maximum Gasteiger partial charge on any atom is 0.339 e. The van der Waals surface area contributed by atoms with Crippen LogP contribution in [-0.4, -0.2) is 42.0 Å². The van der Waals surface area contributed by atoms with Gasteiger partial charge in [-0.3, -0.25) is 4.79 Å². The number of aromatic nitrogens is 2. The second kappa shape index (κ2) is 10.6. The molecule has 0 saturated carbocycles. The van der Waals surface area contributed by atoms with E-state index in [1.165, 1.54) is 45.5 Å². The van der Waals surface area contributed by atoms with Gasteiger partial charge in [0.05, 0.1) is 37.2 Å². The molecule has 0 bridgehead atoms. The van der Waals surface area contributed by atoms with Crippen LogP contribution >= 0.6 is 0 Å². The largest absolute Gasteiger partial charge is 0.465 e. The summed E-state index contributed by atoms with van der Waals surface area (Å²) in [6.45, 7) is 1.41. The second-order valence-electron chi connectivity index (χ2n) is 6.77. The summed E-state index contributed by atoms with van der Waals surface area (Å²) in [6, 6.07) is 10.9. The molecule has 3 rings (SSSR count). The Morgan fingerprint density at radius 1 is 0.912 bits per heavy atom. The number of nitrogens with zero attached hydrogens (tertiary/aromatic N) is 3. The number of methoxy groups -OCH3 is 2. The number of carbonyl (C=O) groups is 3. The number of esters is 2. The van der Waals surface area contributed by atoms with Crippen LogP contribution in [0.25, 0.3) is 0 Å². The lowest BCUT2D eigenvalue weighted by Crippen LogP contribution is -2.10. The van der Waals surface area contributed by atoms with E-state index in [1.54, 1.807) is 24.3 Å². The Kier molecular flexibility index (Phi) is 7.44. The smallest absolute Gasteiger partial charge is 0.339 e. The fourth-order valence-corrected chi connectivity index (χ4v) is 2.87. The molecule has 2 aromatic carbocycles. The highest BCUT2D eigenvalue weighted by molar-refractivity contribution is 6.00. The lowest BCUT2D eigenvalue weighted by atomic mass is 10.1. The van der Waals surface area contributed by atoms with E-state index in [-0.39, 0.29) is 40.2 Å². The van der Waals surface area contributed by atoms with Crippen LogP contribution < -0.4 is 16.0 Å². The third-order valence-electron chi connectivity index (χ3n) is 4.43. The fourth-order valence-electron chi connectivity index (χ4n) is 2.87. The van der Waals surface area contributed by atoms with E-state index < -0.39 is 11.9 Å². The van der Waals surface area contributed by atoms with Crippen molar-refractivity contribution in [1.82, 2.24) is 9.97 Å². The molecule has 34 heavy (non-hydrogen) atoms. The van der Waals surface area contributed by atoms with Gasteiger partial charge in [0, 0.05) is 18.3 Å². The standard InChI is InChI=1S/C22H20N6O6/c1-12(29)24-14-5-7-15(8-6-14)25-22-23-11-18(28-32)19(27-22)26-17-10-13(20(30)33-2)4-9-16(17)21(31)34-3/h4-11H,1-3H3,(H,24,29)(H2,23,25,26,27). The van der Waals surface area contributed by atoms with E-state index in [4.69, 9.17) is 9.47 Å². The average molecular weight is 464 g/mol. The summed E-state index contributed by atoms with van der Waals surface area (Å²) in [4.78, 5) is 54.9. The molecule has 0 aliphatic rings. The maximum absolute atomic E-state index is 12.2. The molecule has 174 valence electrons. The summed E-state index contributed by atoms with van der Waals surface area (Å²) >= 11 is 0. The number of hydrogen-bond acceptors (Lipinski definition) is 11. The molecular weight excluding hydrogens is 444 g/mol. The zero-order valence-electron chi connectivity index (χ0n) is 18.4. The Morgan fingerprint density at radius 2 is 1.59 bits per heavy atom. The van der Waals surface area contributed by atoms with E-state index in [2.05, 4.69) is 31.1 Å². The molecule has 0 atom stereocenters. The van der Waals surface area contributed by atoms with Gasteiger partial charge in [-0.25, -0.2) is 14.6 Å². The van der Waals surface area contributed by atoms with Crippen LogP contribution in [0.3, 0.4) is 0 Å². The molecule has 3 N–H and O–H groups in total. The monoisotopic (exact) mass is 464 g/mol. The van der Waals surface area contributed by atoms with Gasteiger partial charge in [-0.2, -0.15) is 4.98 Å². The highest BCUT2D eigenvalue weighted by atomic mass is 16.5. The number of nitrogens with one attached hydrogen (secondary N) is 3. The number of carbonyl (C=O) groups excluding carboxylic acids is 3. The first-order chi connectivity index (χ1) is 16.3. The van der Waals surface area contributed by atoms with Gasteiger partial charge >= 0.3 is 11.9 Å². The summed E-state index contributed by atoms with van der Waals surface area (Å²) in [5.41, 5.74) is 1.48. The molecule has 1 amide bonds. The lowest BCUT2D eigenvalue weighted by molar-refractivity contribution is -0.114. The van der Waals surface area contributed by atoms with E-state index >= 15 is 0 Å². The minimum absolute atomic E-state index is 0.0189. The quantitative estimate of drug-likeness (QED) is 0.329. The first kappa shape index (κ1) is 23.8. The van der Waals surface area contributed by atoms with E-state index in [0.717, 1.165) is 0 Å². The van der Waals surface area contributed by atoms with Crippen molar-refractivity contribution >= 4 is 52.4 Å². The molecule has 0 aliphatic heterocycles. The predicted molar refractivity (Wildman–Crippen MR) is 124 cm³/mol. The highest BCUT2D eigenvalue weighted by Crippen LogP contribution is 2.30. The van der Waals surface area contributed by atoms with Crippen LogP contribution in [0.2, 0.25) is 0 Å².